The van der Waals surface area contributed by atoms with Gasteiger partial charge in [0.2, 0.25) is 0 Å². The maximum Gasteiger partial charge on any atom is 0.311 e. The maximum absolute atomic E-state index is 12.4. The number of carboxylic acid groups (broad SMARTS) is 1. The van der Waals surface area contributed by atoms with E-state index in [9.17, 15) is 14.7 Å². The van der Waals surface area contributed by atoms with Crippen molar-refractivity contribution in [1.82, 2.24) is 5.32 Å². The highest BCUT2D eigenvalue weighted by Gasteiger charge is 2.46. The van der Waals surface area contributed by atoms with Crippen LogP contribution in [0.2, 0.25) is 5.02 Å². The molecule has 1 aliphatic carbocycles. The smallest absolute Gasteiger partial charge is 0.311 e. The van der Waals surface area contributed by atoms with Gasteiger partial charge in [-0.05, 0) is 38.0 Å². The van der Waals surface area contributed by atoms with E-state index in [2.05, 4.69) is 5.32 Å². The molecule has 6 heteroatoms. The van der Waals surface area contributed by atoms with Crippen molar-refractivity contribution < 1.29 is 19.4 Å². The van der Waals surface area contributed by atoms with Crippen LogP contribution < -0.4 is 10.1 Å². The van der Waals surface area contributed by atoms with Crippen LogP contribution in [0.1, 0.15) is 36.5 Å². The zero-order chi connectivity index (χ0) is 15.6. The zero-order valence-electron chi connectivity index (χ0n) is 12.0. The molecule has 114 valence electrons. The molecule has 0 radical (unpaired) electrons. The monoisotopic (exact) mass is 311 g/mol. The Labute approximate surface area is 128 Å². The van der Waals surface area contributed by atoms with Gasteiger partial charge in [0.1, 0.15) is 5.75 Å². The Balaban J connectivity index is 2.20. The van der Waals surface area contributed by atoms with Crippen molar-refractivity contribution in [3.63, 3.8) is 0 Å². The van der Waals surface area contributed by atoms with Crippen LogP contribution in [0.4, 0.5) is 0 Å². The van der Waals surface area contributed by atoms with Gasteiger partial charge in [-0.1, -0.05) is 18.0 Å². The molecule has 1 saturated carbocycles. The summed E-state index contributed by atoms with van der Waals surface area (Å²) >= 11 is 5.87. The van der Waals surface area contributed by atoms with Crippen LogP contribution in [0, 0.1) is 5.41 Å². The van der Waals surface area contributed by atoms with Crippen LogP contribution in [0.15, 0.2) is 18.2 Å². The Hall–Kier alpha value is -1.75. The number of benzene rings is 1. The summed E-state index contributed by atoms with van der Waals surface area (Å²) in [6.45, 7) is 1.67. The first-order valence-electron chi connectivity index (χ1n) is 6.76. The second kappa shape index (κ2) is 5.93. The van der Waals surface area contributed by atoms with Crippen LogP contribution in [0.25, 0.3) is 0 Å². The minimum atomic E-state index is -0.921. The topological polar surface area (TPSA) is 75.6 Å². The van der Waals surface area contributed by atoms with E-state index < -0.39 is 11.4 Å². The molecule has 1 amide bonds. The maximum atomic E-state index is 12.4. The van der Waals surface area contributed by atoms with Crippen molar-refractivity contribution in [3.8, 4) is 5.75 Å². The number of hydrogen-bond acceptors (Lipinski definition) is 3. The lowest BCUT2D eigenvalue weighted by atomic mass is 9.85. The molecule has 0 spiro atoms. The molecule has 1 fully saturated rings. The number of carbonyl (C=O) groups is 2. The second-order valence-electron chi connectivity index (χ2n) is 5.49. The number of hydrogen-bond donors (Lipinski definition) is 2. The van der Waals surface area contributed by atoms with Gasteiger partial charge in [-0.3, -0.25) is 9.59 Å². The van der Waals surface area contributed by atoms with Gasteiger partial charge in [-0.25, -0.2) is 0 Å². The van der Waals surface area contributed by atoms with E-state index in [0.29, 0.717) is 29.2 Å². The van der Waals surface area contributed by atoms with E-state index in [1.807, 2.05) is 0 Å². The summed E-state index contributed by atoms with van der Waals surface area (Å²) in [4.78, 5) is 23.8. The highest BCUT2D eigenvalue weighted by molar-refractivity contribution is 6.30. The number of aliphatic carboxylic acids is 1. The lowest BCUT2D eigenvalue weighted by Gasteiger charge is -2.27. The third kappa shape index (κ3) is 2.97. The summed E-state index contributed by atoms with van der Waals surface area (Å²) in [5, 5.41) is 12.7. The predicted octanol–water partition coefficient (Wildman–Crippen LogP) is 2.72. The molecule has 0 aromatic heterocycles. The molecule has 2 atom stereocenters. The average Bonchev–Trinajstić information content (AvgIpc) is 2.81. The van der Waals surface area contributed by atoms with Crippen LogP contribution >= 0.6 is 11.6 Å². The van der Waals surface area contributed by atoms with Crippen LogP contribution in [0.5, 0.6) is 5.75 Å². The largest absolute Gasteiger partial charge is 0.496 e. The normalized spacial score (nSPS) is 24.6. The van der Waals surface area contributed by atoms with Crippen molar-refractivity contribution in [3.05, 3.63) is 28.8 Å². The van der Waals surface area contributed by atoms with Gasteiger partial charge < -0.3 is 15.2 Å². The first-order chi connectivity index (χ1) is 9.88. The van der Waals surface area contributed by atoms with Gasteiger partial charge >= 0.3 is 5.97 Å². The fraction of sp³-hybridized carbons (Fsp3) is 0.467. The van der Waals surface area contributed by atoms with Gasteiger partial charge in [0, 0.05) is 11.1 Å². The summed E-state index contributed by atoms with van der Waals surface area (Å²) in [7, 11) is 1.46. The van der Waals surface area contributed by atoms with Crippen LogP contribution in [0.3, 0.4) is 0 Å². The molecule has 1 aromatic rings. The number of carboxylic acids is 1. The molecule has 1 aliphatic rings. The van der Waals surface area contributed by atoms with Crippen molar-refractivity contribution in [2.45, 2.75) is 32.2 Å². The minimum absolute atomic E-state index is 0.345. The third-order valence-electron chi connectivity index (χ3n) is 4.16. The number of nitrogens with one attached hydrogen (secondary N) is 1. The van der Waals surface area contributed by atoms with Gasteiger partial charge in [-0.2, -0.15) is 0 Å². The van der Waals surface area contributed by atoms with Crippen LogP contribution in [-0.4, -0.2) is 30.1 Å². The lowest BCUT2D eigenvalue weighted by Crippen LogP contribution is -2.47. The van der Waals surface area contributed by atoms with E-state index in [0.717, 1.165) is 6.42 Å². The number of methoxy groups -OCH3 is 1. The number of halogens is 1. The molecule has 5 nitrogen and oxygen atoms in total. The zero-order valence-corrected chi connectivity index (χ0v) is 12.7. The van der Waals surface area contributed by atoms with Crippen molar-refractivity contribution >= 4 is 23.5 Å². The number of carbonyl (C=O) groups excluding carboxylic acids is 1. The van der Waals surface area contributed by atoms with Gasteiger partial charge in [0.05, 0.1) is 18.1 Å². The molecule has 2 N–H and O–H groups in total. The molecule has 0 heterocycles. The van der Waals surface area contributed by atoms with Gasteiger partial charge in [0.15, 0.2) is 0 Å². The van der Waals surface area contributed by atoms with E-state index in [1.54, 1.807) is 25.1 Å². The lowest BCUT2D eigenvalue weighted by molar-refractivity contribution is -0.148. The van der Waals surface area contributed by atoms with Gasteiger partial charge in [0.25, 0.3) is 5.91 Å². The highest BCUT2D eigenvalue weighted by atomic mass is 35.5. The standard InChI is InChI=1S/C15H18ClNO4/c1-15(14(19)20)7-3-4-12(15)17-13(18)10-6-5-9(16)8-11(10)21-2/h5-6,8,12H,3-4,7H2,1-2H3,(H,17,18)(H,19,20). The van der Waals surface area contributed by atoms with E-state index >= 15 is 0 Å². The summed E-state index contributed by atoms with van der Waals surface area (Å²) in [6.07, 6.45) is 2.00. The third-order valence-corrected chi connectivity index (χ3v) is 4.40. The summed E-state index contributed by atoms with van der Waals surface area (Å²) in [5.41, 5.74) is -0.573. The molecular formula is C15H18ClNO4. The molecular weight excluding hydrogens is 294 g/mol. The molecule has 1 aromatic carbocycles. The Morgan fingerprint density at radius 2 is 2.19 bits per heavy atom. The molecule has 21 heavy (non-hydrogen) atoms. The first-order valence-corrected chi connectivity index (χ1v) is 7.14. The fourth-order valence-electron chi connectivity index (χ4n) is 2.74. The molecule has 0 aliphatic heterocycles. The second-order valence-corrected chi connectivity index (χ2v) is 5.92. The fourth-order valence-corrected chi connectivity index (χ4v) is 2.90. The molecule has 2 unspecified atom stereocenters. The Kier molecular flexibility index (Phi) is 4.42. The molecule has 2 rings (SSSR count). The SMILES string of the molecule is COc1cc(Cl)ccc1C(=O)NC1CCCC1(C)C(=O)O. The summed E-state index contributed by atoms with van der Waals surface area (Å²) < 4.78 is 5.15. The molecule has 0 saturated heterocycles. The van der Waals surface area contributed by atoms with Gasteiger partial charge in [-0.15, -0.1) is 0 Å². The Bertz CT molecular complexity index is 575. The average molecular weight is 312 g/mol. The number of rotatable bonds is 4. The van der Waals surface area contributed by atoms with Crippen molar-refractivity contribution in [2.75, 3.05) is 7.11 Å². The summed E-state index contributed by atoms with van der Waals surface area (Å²) in [6, 6.07) is 4.35. The summed E-state index contributed by atoms with van der Waals surface area (Å²) in [5.74, 6) is -0.855. The Morgan fingerprint density at radius 3 is 2.81 bits per heavy atom. The van der Waals surface area contributed by atoms with E-state index in [-0.39, 0.29) is 11.9 Å². The Morgan fingerprint density at radius 1 is 1.48 bits per heavy atom. The number of amides is 1. The minimum Gasteiger partial charge on any atom is -0.496 e. The van der Waals surface area contributed by atoms with Crippen molar-refractivity contribution in [2.24, 2.45) is 5.41 Å². The molecule has 0 bridgehead atoms. The first kappa shape index (κ1) is 15.6. The highest BCUT2D eigenvalue weighted by Crippen LogP contribution is 2.38. The van der Waals surface area contributed by atoms with Crippen LogP contribution in [-0.2, 0) is 4.79 Å². The number of ether oxygens (including phenoxy) is 1. The van der Waals surface area contributed by atoms with E-state index in [1.165, 1.54) is 7.11 Å². The van der Waals surface area contributed by atoms with Crippen molar-refractivity contribution in [1.29, 1.82) is 0 Å². The van der Waals surface area contributed by atoms with E-state index in [4.69, 9.17) is 16.3 Å². The predicted molar refractivity (Wildman–Crippen MR) is 78.9 cm³/mol. The quantitative estimate of drug-likeness (QED) is 0.896.